The normalized spacial score (nSPS) is 10.1. The van der Waals surface area contributed by atoms with Crippen LogP contribution in [0.25, 0.3) is 0 Å². The zero-order valence-corrected chi connectivity index (χ0v) is 12.2. The molecule has 0 atom stereocenters. The molecule has 108 valence electrons. The van der Waals surface area contributed by atoms with Gasteiger partial charge in [0.2, 0.25) is 5.91 Å². The van der Waals surface area contributed by atoms with Crippen LogP contribution in [0.4, 0.5) is 5.82 Å². The molecular weight excluding hydrogens is 288 g/mol. The number of hydrogen-bond donors (Lipinski definition) is 2. The van der Waals surface area contributed by atoms with Crippen molar-refractivity contribution in [2.75, 3.05) is 11.1 Å². The predicted octanol–water partition coefficient (Wildman–Crippen LogP) is 2.82. The van der Waals surface area contributed by atoms with Crippen LogP contribution in [0.5, 0.6) is 0 Å². The van der Waals surface area contributed by atoms with Crippen molar-refractivity contribution in [3.05, 3.63) is 53.7 Å². The van der Waals surface area contributed by atoms with Gasteiger partial charge in [-0.3, -0.25) is 4.79 Å². The number of carbonyl (C=O) groups is 2. The van der Waals surface area contributed by atoms with Gasteiger partial charge >= 0.3 is 5.97 Å². The Morgan fingerprint density at radius 1 is 1.24 bits per heavy atom. The fourth-order valence-electron chi connectivity index (χ4n) is 1.63. The lowest BCUT2D eigenvalue weighted by Crippen LogP contribution is -2.15. The molecule has 0 aliphatic carbocycles. The minimum Gasteiger partial charge on any atom is -0.478 e. The minimum atomic E-state index is -1.05. The number of rotatable bonds is 5. The molecule has 0 unspecified atom stereocenters. The highest BCUT2D eigenvalue weighted by Gasteiger charge is 2.07. The summed E-state index contributed by atoms with van der Waals surface area (Å²) >= 11 is 1.45. The fraction of sp³-hybridized carbons (Fsp3) is 0.133. The summed E-state index contributed by atoms with van der Waals surface area (Å²) in [5, 5.41) is 11.4. The van der Waals surface area contributed by atoms with Crippen molar-refractivity contribution in [2.45, 2.75) is 11.8 Å². The van der Waals surface area contributed by atoms with Gasteiger partial charge in [0.15, 0.2) is 0 Å². The first-order chi connectivity index (χ1) is 10.1. The van der Waals surface area contributed by atoms with E-state index in [0.717, 1.165) is 10.5 Å². The first kappa shape index (κ1) is 15.1. The van der Waals surface area contributed by atoms with Gasteiger partial charge in [0.05, 0.1) is 11.3 Å². The molecule has 1 aromatic heterocycles. The molecule has 1 amide bonds. The Morgan fingerprint density at radius 3 is 2.62 bits per heavy atom. The van der Waals surface area contributed by atoms with E-state index in [4.69, 9.17) is 5.11 Å². The molecule has 2 rings (SSSR count). The number of thioether (sulfide) groups is 1. The number of carboxylic acids is 1. The molecule has 5 nitrogen and oxygen atoms in total. The van der Waals surface area contributed by atoms with E-state index in [1.165, 1.54) is 30.1 Å². The molecule has 1 aromatic carbocycles. The van der Waals surface area contributed by atoms with Crippen molar-refractivity contribution < 1.29 is 14.7 Å². The SMILES string of the molecule is Cc1ccccc1SCC(=O)Nc1ccc(C(=O)O)cn1. The number of aromatic nitrogens is 1. The number of anilines is 1. The van der Waals surface area contributed by atoms with Crippen LogP contribution in [0.2, 0.25) is 0 Å². The number of carbonyl (C=O) groups excluding carboxylic acids is 1. The van der Waals surface area contributed by atoms with Gasteiger partial charge in [0.1, 0.15) is 5.82 Å². The Bertz CT molecular complexity index is 656. The number of aryl methyl sites for hydroxylation is 1. The van der Waals surface area contributed by atoms with Crippen molar-refractivity contribution in [3.8, 4) is 0 Å². The molecule has 1 heterocycles. The van der Waals surface area contributed by atoms with Crippen molar-refractivity contribution in [3.63, 3.8) is 0 Å². The monoisotopic (exact) mass is 302 g/mol. The van der Waals surface area contributed by atoms with Crippen molar-refractivity contribution >= 4 is 29.5 Å². The van der Waals surface area contributed by atoms with E-state index < -0.39 is 5.97 Å². The Hall–Kier alpha value is -2.34. The summed E-state index contributed by atoms with van der Waals surface area (Å²) in [4.78, 5) is 27.5. The summed E-state index contributed by atoms with van der Waals surface area (Å²) in [6, 6.07) is 10.7. The molecule has 0 aliphatic rings. The summed E-state index contributed by atoms with van der Waals surface area (Å²) in [5.74, 6) is -0.613. The Balaban J connectivity index is 1.90. The van der Waals surface area contributed by atoms with Crippen LogP contribution in [-0.4, -0.2) is 27.7 Å². The fourth-order valence-corrected chi connectivity index (χ4v) is 2.46. The molecule has 2 N–H and O–H groups in total. The average Bonchev–Trinajstić information content (AvgIpc) is 2.47. The second-order valence-electron chi connectivity index (χ2n) is 4.34. The van der Waals surface area contributed by atoms with Gasteiger partial charge in [-0.1, -0.05) is 18.2 Å². The first-order valence-corrected chi connectivity index (χ1v) is 7.22. The summed E-state index contributed by atoms with van der Waals surface area (Å²) in [6.07, 6.45) is 1.21. The van der Waals surface area contributed by atoms with E-state index in [0.29, 0.717) is 5.82 Å². The third kappa shape index (κ3) is 4.32. The van der Waals surface area contributed by atoms with E-state index in [9.17, 15) is 9.59 Å². The zero-order chi connectivity index (χ0) is 15.2. The van der Waals surface area contributed by atoms with Crippen molar-refractivity contribution in [1.82, 2.24) is 4.98 Å². The van der Waals surface area contributed by atoms with Gasteiger partial charge in [-0.15, -0.1) is 11.8 Å². The summed E-state index contributed by atoms with van der Waals surface area (Å²) in [5.41, 5.74) is 1.21. The number of nitrogens with one attached hydrogen (secondary N) is 1. The van der Waals surface area contributed by atoms with E-state index >= 15 is 0 Å². The van der Waals surface area contributed by atoms with Crippen LogP contribution in [0.3, 0.4) is 0 Å². The Kier molecular flexibility index (Phi) is 4.94. The highest BCUT2D eigenvalue weighted by atomic mass is 32.2. The predicted molar refractivity (Wildman–Crippen MR) is 81.7 cm³/mol. The number of carboxylic acid groups (broad SMARTS) is 1. The highest BCUT2D eigenvalue weighted by molar-refractivity contribution is 8.00. The average molecular weight is 302 g/mol. The third-order valence-corrected chi connectivity index (χ3v) is 3.91. The van der Waals surface area contributed by atoms with E-state index in [1.54, 1.807) is 0 Å². The van der Waals surface area contributed by atoms with Crippen LogP contribution in [-0.2, 0) is 4.79 Å². The minimum absolute atomic E-state index is 0.0854. The molecule has 0 saturated heterocycles. The molecule has 0 aliphatic heterocycles. The highest BCUT2D eigenvalue weighted by Crippen LogP contribution is 2.21. The summed E-state index contributed by atoms with van der Waals surface area (Å²) in [6.45, 7) is 1.99. The summed E-state index contributed by atoms with van der Waals surface area (Å²) in [7, 11) is 0. The van der Waals surface area contributed by atoms with E-state index in [2.05, 4.69) is 10.3 Å². The third-order valence-electron chi connectivity index (χ3n) is 2.73. The van der Waals surface area contributed by atoms with Gasteiger partial charge in [0, 0.05) is 11.1 Å². The molecule has 21 heavy (non-hydrogen) atoms. The lowest BCUT2D eigenvalue weighted by atomic mass is 10.2. The molecule has 0 spiro atoms. The summed E-state index contributed by atoms with van der Waals surface area (Å²) < 4.78 is 0. The van der Waals surface area contributed by atoms with Crippen molar-refractivity contribution in [1.29, 1.82) is 0 Å². The van der Waals surface area contributed by atoms with Gasteiger partial charge in [0.25, 0.3) is 0 Å². The molecular formula is C15H14N2O3S. The largest absolute Gasteiger partial charge is 0.478 e. The standard InChI is InChI=1S/C15H14N2O3S/c1-10-4-2-3-5-12(10)21-9-14(18)17-13-7-6-11(8-16-13)15(19)20/h2-8H,9H2,1H3,(H,19,20)(H,16,17,18). The number of amides is 1. The maximum Gasteiger partial charge on any atom is 0.337 e. The molecule has 0 fully saturated rings. The van der Waals surface area contributed by atoms with Crippen LogP contribution in [0.1, 0.15) is 15.9 Å². The Labute approximate surface area is 126 Å². The second kappa shape index (κ2) is 6.90. The molecule has 0 bridgehead atoms. The van der Waals surface area contributed by atoms with Gasteiger partial charge in [-0.25, -0.2) is 9.78 Å². The molecule has 2 aromatic rings. The van der Waals surface area contributed by atoms with Gasteiger partial charge < -0.3 is 10.4 Å². The van der Waals surface area contributed by atoms with Crippen LogP contribution in [0.15, 0.2) is 47.5 Å². The van der Waals surface area contributed by atoms with Gasteiger partial charge in [-0.2, -0.15) is 0 Å². The number of benzene rings is 1. The number of nitrogens with zero attached hydrogens (tertiary/aromatic N) is 1. The van der Waals surface area contributed by atoms with Crippen LogP contribution < -0.4 is 5.32 Å². The Morgan fingerprint density at radius 2 is 2.00 bits per heavy atom. The van der Waals surface area contributed by atoms with E-state index in [-0.39, 0.29) is 17.2 Å². The van der Waals surface area contributed by atoms with Crippen LogP contribution >= 0.6 is 11.8 Å². The number of hydrogen-bond acceptors (Lipinski definition) is 4. The second-order valence-corrected chi connectivity index (χ2v) is 5.36. The lowest BCUT2D eigenvalue weighted by molar-refractivity contribution is -0.113. The van der Waals surface area contributed by atoms with E-state index in [1.807, 2.05) is 31.2 Å². The number of aromatic carboxylic acids is 1. The van der Waals surface area contributed by atoms with Crippen molar-refractivity contribution in [2.24, 2.45) is 0 Å². The molecule has 0 saturated carbocycles. The zero-order valence-electron chi connectivity index (χ0n) is 11.4. The van der Waals surface area contributed by atoms with Crippen LogP contribution in [0, 0.1) is 6.92 Å². The topological polar surface area (TPSA) is 79.3 Å². The van der Waals surface area contributed by atoms with Gasteiger partial charge in [-0.05, 0) is 30.7 Å². The maximum atomic E-state index is 11.8. The molecule has 0 radical (unpaired) electrons. The lowest BCUT2D eigenvalue weighted by Gasteiger charge is -2.06. The number of pyridine rings is 1. The molecule has 6 heteroatoms. The maximum absolute atomic E-state index is 11.8. The quantitative estimate of drug-likeness (QED) is 0.830. The first-order valence-electron chi connectivity index (χ1n) is 6.24. The smallest absolute Gasteiger partial charge is 0.337 e.